The van der Waals surface area contributed by atoms with Crippen LogP contribution in [0.5, 0.6) is 0 Å². The van der Waals surface area contributed by atoms with E-state index in [1.165, 1.54) is 9.81 Å². The van der Waals surface area contributed by atoms with Crippen LogP contribution in [0.25, 0.3) is 0 Å². The van der Waals surface area contributed by atoms with Crippen molar-refractivity contribution >= 4 is 11.8 Å². The first kappa shape index (κ1) is 20.8. The Labute approximate surface area is 146 Å². The van der Waals surface area contributed by atoms with Crippen LogP contribution in [0.4, 0.5) is 0 Å². The minimum Gasteiger partial charge on any atom is -0.382 e. The summed E-state index contributed by atoms with van der Waals surface area (Å²) >= 11 is 1.89. The first-order valence-corrected chi connectivity index (χ1v) is 9.15. The van der Waals surface area contributed by atoms with Gasteiger partial charge in [0.25, 0.3) is 0 Å². The number of thioether (sulfide) groups is 1. The fourth-order valence-corrected chi connectivity index (χ4v) is 3.56. The summed E-state index contributed by atoms with van der Waals surface area (Å²) in [5.41, 5.74) is -0.134. The average molecular weight is 343 g/mol. The molecule has 1 heterocycles. The first-order valence-electron chi connectivity index (χ1n) is 8.33. The highest BCUT2D eigenvalue weighted by atomic mass is 32.2. The van der Waals surface area contributed by atoms with E-state index in [1.54, 1.807) is 7.11 Å². The monoisotopic (exact) mass is 342 g/mol. The molecule has 1 rings (SSSR count). The Kier molecular flexibility index (Phi) is 7.39. The molecule has 0 aromatic heterocycles. The second-order valence-corrected chi connectivity index (χ2v) is 9.34. The fraction of sp³-hybridized carbons (Fsp3) is 0.789. The molecule has 0 fully saturated rings. The Hall–Kier alpha value is -0.290. The molecule has 0 bridgehead atoms. The van der Waals surface area contributed by atoms with Gasteiger partial charge >= 0.3 is 0 Å². The van der Waals surface area contributed by atoms with Crippen molar-refractivity contribution < 1.29 is 14.2 Å². The van der Waals surface area contributed by atoms with Gasteiger partial charge in [-0.3, -0.25) is 0 Å². The molecule has 0 saturated heterocycles. The summed E-state index contributed by atoms with van der Waals surface area (Å²) in [5.74, 6) is 0. The van der Waals surface area contributed by atoms with Crippen molar-refractivity contribution in [1.29, 1.82) is 0 Å². The van der Waals surface area contributed by atoms with Gasteiger partial charge < -0.3 is 14.2 Å². The lowest BCUT2D eigenvalue weighted by molar-refractivity contribution is -0.0144. The van der Waals surface area contributed by atoms with Crippen LogP contribution in [0, 0.1) is 10.8 Å². The number of methoxy groups -OCH3 is 1. The van der Waals surface area contributed by atoms with E-state index in [4.69, 9.17) is 14.2 Å². The van der Waals surface area contributed by atoms with E-state index in [9.17, 15) is 0 Å². The second-order valence-electron chi connectivity index (χ2n) is 8.26. The first-order chi connectivity index (χ1) is 10.5. The van der Waals surface area contributed by atoms with Crippen molar-refractivity contribution in [3.8, 4) is 0 Å². The highest BCUT2D eigenvalue weighted by Gasteiger charge is 2.34. The van der Waals surface area contributed by atoms with E-state index < -0.39 is 0 Å². The zero-order chi connectivity index (χ0) is 17.7. The lowest BCUT2D eigenvalue weighted by Gasteiger charge is -2.37. The molecule has 0 aromatic rings. The number of ether oxygens (including phenoxy) is 3. The zero-order valence-corrected chi connectivity index (χ0v) is 16.9. The maximum Gasteiger partial charge on any atom is 0.104 e. The largest absolute Gasteiger partial charge is 0.382 e. The summed E-state index contributed by atoms with van der Waals surface area (Å²) < 4.78 is 16.6. The van der Waals surface area contributed by atoms with Crippen LogP contribution in [0.3, 0.4) is 0 Å². The van der Waals surface area contributed by atoms with Gasteiger partial charge in [-0.15, -0.1) is 0 Å². The molecule has 0 saturated carbocycles. The third-order valence-electron chi connectivity index (χ3n) is 3.61. The highest BCUT2D eigenvalue weighted by Crippen LogP contribution is 2.50. The average Bonchev–Trinajstić information content (AvgIpc) is 2.40. The van der Waals surface area contributed by atoms with Gasteiger partial charge in [-0.2, -0.15) is 0 Å². The molecule has 0 amide bonds. The van der Waals surface area contributed by atoms with Crippen LogP contribution >= 0.6 is 11.8 Å². The van der Waals surface area contributed by atoms with E-state index in [0.29, 0.717) is 26.4 Å². The molecule has 0 aromatic carbocycles. The van der Waals surface area contributed by atoms with E-state index >= 15 is 0 Å². The van der Waals surface area contributed by atoms with Gasteiger partial charge in [-0.05, 0) is 39.7 Å². The molecular weight excluding hydrogens is 308 g/mol. The topological polar surface area (TPSA) is 27.7 Å². The van der Waals surface area contributed by atoms with Gasteiger partial charge in [0.1, 0.15) is 5.60 Å². The van der Waals surface area contributed by atoms with Gasteiger partial charge in [0.2, 0.25) is 0 Å². The fourth-order valence-electron chi connectivity index (χ4n) is 2.13. The molecule has 3 nitrogen and oxygen atoms in total. The quantitative estimate of drug-likeness (QED) is 0.606. The molecular formula is C19H34O3S. The molecule has 0 aliphatic carbocycles. The smallest absolute Gasteiger partial charge is 0.104 e. The minimum atomic E-state index is -0.374. The molecule has 0 N–H and O–H groups in total. The molecule has 23 heavy (non-hydrogen) atoms. The summed E-state index contributed by atoms with van der Waals surface area (Å²) in [7, 11) is 1.68. The molecule has 0 radical (unpaired) electrons. The van der Waals surface area contributed by atoms with Crippen molar-refractivity contribution in [2.24, 2.45) is 10.8 Å². The third-order valence-corrected chi connectivity index (χ3v) is 5.51. The van der Waals surface area contributed by atoms with Crippen LogP contribution in [-0.2, 0) is 14.2 Å². The standard InChI is InChI=1S/C19H34O3S/c1-17(2,3)15-13-19(7,14-16(23-15)18(4,5)6)22-12-11-21-10-9-20-8/h13-14H,9-12H2,1-8H3. The van der Waals surface area contributed by atoms with Gasteiger partial charge in [-0.25, -0.2) is 0 Å². The predicted molar refractivity (Wildman–Crippen MR) is 99.7 cm³/mol. The number of rotatable bonds is 7. The van der Waals surface area contributed by atoms with Gasteiger partial charge in [0.05, 0.1) is 26.4 Å². The zero-order valence-electron chi connectivity index (χ0n) is 16.1. The predicted octanol–water partition coefficient (Wildman–Crippen LogP) is 5.03. The van der Waals surface area contributed by atoms with E-state index in [1.807, 2.05) is 11.8 Å². The molecule has 0 atom stereocenters. The Morgan fingerprint density at radius 3 is 1.78 bits per heavy atom. The Balaban J connectivity index is 2.79. The van der Waals surface area contributed by atoms with Crippen molar-refractivity contribution in [3.63, 3.8) is 0 Å². The Morgan fingerprint density at radius 1 is 0.870 bits per heavy atom. The summed E-state index contributed by atoms with van der Waals surface area (Å²) in [6, 6.07) is 0. The van der Waals surface area contributed by atoms with Crippen molar-refractivity contribution in [1.82, 2.24) is 0 Å². The van der Waals surface area contributed by atoms with Crippen LogP contribution in [-0.4, -0.2) is 39.1 Å². The summed E-state index contributed by atoms with van der Waals surface area (Å²) in [6.45, 7) is 18.1. The summed E-state index contributed by atoms with van der Waals surface area (Å²) in [5, 5.41) is 0. The van der Waals surface area contributed by atoms with Gasteiger partial charge in [0, 0.05) is 7.11 Å². The Bertz CT molecular complexity index is 409. The molecule has 134 valence electrons. The van der Waals surface area contributed by atoms with Crippen molar-refractivity contribution in [2.45, 2.75) is 54.1 Å². The number of hydrogen-bond donors (Lipinski definition) is 0. The van der Waals surface area contributed by atoms with Crippen molar-refractivity contribution in [2.75, 3.05) is 33.5 Å². The normalized spacial score (nSPS) is 18.6. The minimum absolute atomic E-state index is 0.120. The molecule has 1 aliphatic heterocycles. The summed E-state index contributed by atoms with van der Waals surface area (Å²) in [6.07, 6.45) is 4.53. The number of allylic oxidation sites excluding steroid dienone is 2. The lowest BCUT2D eigenvalue weighted by atomic mass is 9.88. The highest BCUT2D eigenvalue weighted by molar-refractivity contribution is 8.06. The van der Waals surface area contributed by atoms with Gasteiger partial charge in [0.15, 0.2) is 0 Å². The Morgan fingerprint density at radius 2 is 1.35 bits per heavy atom. The van der Waals surface area contributed by atoms with Crippen LogP contribution < -0.4 is 0 Å². The van der Waals surface area contributed by atoms with E-state index in [0.717, 1.165) is 0 Å². The van der Waals surface area contributed by atoms with Crippen molar-refractivity contribution in [3.05, 3.63) is 22.0 Å². The molecule has 0 spiro atoms. The van der Waals surface area contributed by atoms with Crippen LogP contribution in [0.2, 0.25) is 0 Å². The number of hydrogen-bond acceptors (Lipinski definition) is 4. The molecule has 4 heteroatoms. The van der Waals surface area contributed by atoms with Gasteiger partial charge in [-0.1, -0.05) is 53.3 Å². The third kappa shape index (κ3) is 7.00. The van der Waals surface area contributed by atoms with Crippen LogP contribution in [0.1, 0.15) is 48.5 Å². The van der Waals surface area contributed by atoms with Crippen LogP contribution in [0.15, 0.2) is 22.0 Å². The maximum absolute atomic E-state index is 6.17. The lowest BCUT2D eigenvalue weighted by Crippen LogP contribution is -2.31. The van der Waals surface area contributed by atoms with E-state index in [2.05, 4.69) is 60.6 Å². The van der Waals surface area contributed by atoms with E-state index in [-0.39, 0.29) is 16.4 Å². The maximum atomic E-state index is 6.17. The molecule has 1 aliphatic rings. The summed E-state index contributed by atoms with van der Waals surface area (Å²) in [4.78, 5) is 2.74. The molecule has 0 unspecified atom stereocenters. The SMILES string of the molecule is COCCOCCOC1(C)C=C(C(C)(C)C)SC(C(C)(C)C)=C1. The second kappa shape index (κ2) is 8.19.